The van der Waals surface area contributed by atoms with Crippen molar-refractivity contribution in [2.45, 2.75) is 6.92 Å². The zero-order valence-electron chi connectivity index (χ0n) is 7.98. The third-order valence-electron chi connectivity index (χ3n) is 1.86. The second-order valence-electron chi connectivity index (χ2n) is 2.92. The SMILES string of the molecule is COc1c(C#N)cc(C)cc1B(O)O. The fourth-order valence-electron chi connectivity index (χ4n) is 1.30. The van der Waals surface area contributed by atoms with Crippen LogP contribution in [0.5, 0.6) is 5.75 Å². The highest BCUT2D eigenvalue weighted by Gasteiger charge is 2.20. The normalized spacial score (nSPS) is 9.36. The number of benzene rings is 1. The van der Waals surface area contributed by atoms with Crippen molar-refractivity contribution in [2.24, 2.45) is 0 Å². The molecule has 72 valence electrons. The van der Waals surface area contributed by atoms with Crippen molar-refractivity contribution in [2.75, 3.05) is 7.11 Å². The second-order valence-corrected chi connectivity index (χ2v) is 2.92. The summed E-state index contributed by atoms with van der Waals surface area (Å²) in [7, 11) is -0.242. The van der Waals surface area contributed by atoms with E-state index >= 15 is 0 Å². The number of ether oxygens (including phenoxy) is 1. The monoisotopic (exact) mass is 191 g/mol. The molecule has 0 aromatic heterocycles. The fraction of sp³-hybridized carbons (Fsp3) is 0.222. The molecule has 0 bridgehead atoms. The molecule has 0 fully saturated rings. The average molecular weight is 191 g/mol. The van der Waals surface area contributed by atoms with Crippen LogP contribution < -0.4 is 10.2 Å². The highest BCUT2D eigenvalue weighted by molar-refractivity contribution is 6.59. The Kier molecular flexibility index (Phi) is 3.12. The van der Waals surface area contributed by atoms with Crippen LogP contribution in [0.3, 0.4) is 0 Å². The van der Waals surface area contributed by atoms with Crippen LogP contribution >= 0.6 is 0 Å². The van der Waals surface area contributed by atoms with Gasteiger partial charge in [0.1, 0.15) is 11.8 Å². The summed E-state index contributed by atoms with van der Waals surface area (Å²) in [6, 6.07) is 5.14. The molecule has 0 aliphatic heterocycles. The third-order valence-corrected chi connectivity index (χ3v) is 1.86. The summed E-state index contributed by atoms with van der Waals surface area (Å²) in [5, 5.41) is 26.9. The summed E-state index contributed by atoms with van der Waals surface area (Å²) in [5.74, 6) is 0.216. The van der Waals surface area contributed by atoms with Gasteiger partial charge in [0.05, 0.1) is 12.7 Å². The molecule has 4 nitrogen and oxygen atoms in total. The van der Waals surface area contributed by atoms with Gasteiger partial charge in [0.15, 0.2) is 0 Å². The zero-order valence-corrected chi connectivity index (χ0v) is 7.98. The maximum Gasteiger partial charge on any atom is 0.492 e. The van der Waals surface area contributed by atoms with Crippen LogP contribution in [-0.2, 0) is 0 Å². The maximum atomic E-state index is 9.05. The van der Waals surface area contributed by atoms with Crippen LogP contribution in [0.1, 0.15) is 11.1 Å². The number of hydrogen-bond acceptors (Lipinski definition) is 4. The molecule has 14 heavy (non-hydrogen) atoms. The number of methoxy groups -OCH3 is 1. The predicted molar refractivity (Wildman–Crippen MR) is 52.3 cm³/mol. The quantitative estimate of drug-likeness (QED) is 0.621. The lowest BCUT2D eigenvalue weighted by atomic mass is 9.78. The third kappa shape index (κ3) is 1.87. The Morgan fingerprint density at radius 3 is 2.50 bits per heavy atom. The lowest BCUT2D eigenvalue weighted by molar-refractivity contribution is 0.402. The first-order chi connectivity index (χ1) is 6.60. The lowest BCUT2D eigenvalue weighted by Crippen LogP contribution is -2.32. The lowest BCUT2D eigenvalue weighted by Gasteiger charge is -2.10. The van der Waals surface area contributed by atoms with Crippen molar-refractivity contribution in [3.8, 4) is 11.8 Å². The Balaban J connectivity index is 3.41. The molecule has 0 spiro atoms. The number of nitriles is 1. The van der Waals surface area contributed by atoms with E-state index in [0.29, 0.717) is 5.56 Å². The standard InChI is InChI=1S/C9H10BNO3/c1-6-3-7(5-11)9(14-2)8(4-6)10(12)13/h3-4,12-13H,1-2H3. The van der Waals surface area contributed by atoms with Gasteiger partial charge in [0.25, 0.3) is 0 Å². The van der Waals surface area contributed by atoms with E-state index < -0.39 is 7.12 Å². The molecule has 0 atom stereocenters. The Morgan fingerprint density at radius 2 is 2.07 bits per heavy atom. The minimum absolute atomic E-state index is 0.212. The van der Waals surface area contributed by atoms with E-state index in [1.165, 1.54) is 7.11 Å². The summed E-state index contributed by atoms with van der Waals surface area (Å²) < 4.78 is 4.94. The van der Waals surface area contributed by atoms with Crippen LogP contribution in [0.4, 0.5) is 0 Å². The van der Waals surface area contributed by atoms with E-state index in [9.17, 15) is 0 Å². The first kappa shape index (κ1) is 10.6. The molecule has 0 aliphatic rings. The summed E-state index contributed by atoms with van der Waals surface area (Å²) in [6.07, 6.45) is 0. The van der Waals surface area contributed by atoms with Crippen LogP contribution in [0, 0.1) is 18.3 Å². The first-order valence-electron chi connectivity index (χ1n) is 4.05. The molecule has 0 amide bonds. The van der Waals surface area contributed by atoms with E-state index in [2.05, 4.69) is 0 Å². The van der Waals surface area contributed by atoms with Gasteiger partial charge in [-0.05, 0) is 18.6 Å². The minimum Gasteiger partial charge on any atom is -0.496 e. The zero-order chi connectivity index (χ0) is 10.7. The molecule has 0 aliphatic carbocycles. The molecular formula is C9H10BNO3. The molecule has 2 N–H and O–H groups in total. The van der Waals surface area contributed by atoms with E-state index in [-0.39, 0.29) is 11.2 Å². The summed E-state index contributed by atoms with van der Waals surface area (Å²) in [5.41, 5.74) is 1.30. The van der Waals surface area contributed by atoms with Gasteiger partial charge >= 0.3 is 7.12 Å². The minimum atomic E-state index is -1.63. The van der Waals surface area contributed by atoms with Crippen molar-refractivity contribution in [1.82, 2.24) is 0 Å². The van der Waals surface area contributed by atoms with Gasteiger partial charge in [-0.2, -0.15) is 5.26 Å². The smallest absolute Gasteiger partial charge is 0.492 e. The molecule has 5 heteroatoms. The van der Waals surface area contributed by atoms with Gasteiger partial charge in [-0.3, -0.25) is 0 Å². The van der Waals surface area contributed by atoms with Crippen molar-refractivity contribution >= 4 is 12.6 Å². The Hall–Kier alpha value is -1.51. The molecule has 0 heterocycles. The maximum absolute atomic E-state index is 9.05. The van der Waals surface area contributed by atoms with Gasteiger partial charge < -0.3 is 14.8 Å². The molecule has 1 aromatic rings. The molecular weight excluding hydrogens is 181 g/mol. The Labute approximate surface area is 82.5 Å². The largest absolute Gasteiger partial charge is 0.496 e. The Morgan fingerprint density at radius 1 is 1.43 bits per heavy atom. The Bertz CT molecular complexity index is 384. The molecule has 1 rings (SSSR count). The van der Waals surface area contributed by atoms with Crippen LogP contribution in [-0.4, -0.2) is 24.3 Å². The molecule has 0 saturated heterocycles. The van der Waals surface area contributed by atoms with Crippen molar-refractivity contribution in [3.05, 3.63) is 23.3 Å². The van der Waals surface area contributed by atoms with Crippen LogP contribution in [0.15, 0.2) is 12.1 Å². The van der Waals surface area contributed by atoms with Gasteiger partial charge in [-0.25, -0.2) is 0 Å². The average Bonchev–Trinajstić information content (AvgIpc) is 2.16. The van der Waals surface area contributed by atoms with Gasteiger partial charge in [0.2, 0.25) is 0 Å². The van der Waals surface area contributed by atoms with Crippen molar-refractivity contribution in [1.29, 1.82) is 5.26 Å². The predicted octanol–water partition coefficient (Wildman–Crippen LogP) is -0.445. The molecule has 0 radical (unpaired) electrons. The van der Waals surface area contributed by atoms with Crippen LogP contribution in [0.2, 0.25) is 0 Å². The number of hydrogen-bond donors (Lipinski definition) is 2. The first-order valence-corrected chi connectivity index (χ1v) is 4.05. The summed E-state index contributed by atoms with van der Waals surface area (Å²) in [4.78, 5) is 0. The number of aryl methyl sites for hydroxylation is 1. The number of rotatable bonds is 2. The number of nitrogens with zero attached hydrogens (tertiary/aromatic N) is 1. The second kappa shape index (κ2) is 4.14. The molecule has 0 saturated carbocycles. The topological polar surface area (TPSA) is 73.5 Å². The van der Waals surface area contributed by atoms with Crippen molar-refractivity contribution < 1.29 is 14.8 Å². The van der Waals surface area contributed by atoms with Gasteiger partial charge in [-0.15, -0.1) is 0 Å². The van der Waals surface area contributed by atoms with E-state index in [4.69, 9.17) is 20.0 Å². The highest BCUT2D eigenvalue weighted by Crippen LogP contribution is 2.16. The molecule has 1 aromatic carbocycles. The van der Waals surface area contributed by atoms with Gasteiger partial charge in [0, 0.05) is 5.46 Å². The van der Waals surface area contributed by atoms with E-state index in [0.717, 1.165) is 5.56 Å². The van der Waals surface area contributed by atoms with Crippen molar-refractivity contribution in [3.63, 3.8) is 0 Å². The highest BCUT2D eigenvalue weighted by atomic mass is 16.5. The molecule has 0 unspecified atom stereocenters. The summed E-state index contributed by atoms with van der Waals surface area (Å²) >= 11 is 0. The summed E-state index contributed by atoms with van der Waals surface area (Å²) in [6.45, 7) is 1.77. The fourth-order valence-corrected chi connectivity index (χ4v) is 1.30. The van der Waals surface area contributed by atoms with E-state index in [1.54, 1.807) is 19.1 Å². The van der Waals surface area contributed by atoms with Gasteiger partial charge in [-0.1, -0.05) is 6.07 Å². The van der Waals surface area contributed by atoms with Crippen LogP contribution in [0.25, 0.3) is 0 Å². The van der Waals surface area contributed by atoms with E-state index in [1.807, 2.05) is 6.07 Å².